The molecule has 1 aromatic heterocycles. The van der Waals surface area contributed by atoms with Crippen LogP contribution in [0.1, 0.15) is 36.0 Å². The van der Waals surface area contributed by atoms with Crippen LogP contribution in [0.3, 0.4) is 0 Å². The normalized spacial score (nSPS) is 18.5. The van der Waals surface area contributed by atoms with Gasteiger partial charge in [0.15, 0.2) is 0 Å². The molecule has 0 aliphatic carbocycles. The summed E-state index contributed by atoms with van der Waals surface area (Å²) in [6, 6.07) is 6.74. The Morgan fingerprint density at radius 2 is 2.17 bits per heavy atom. The van der Waals surface area contributed by atoms with Crippen molar-refractivity contribution in [1.29, 1.82) is 0 Å². The maximum atomic E-state index is 13.2. The Hall–Kier alpha value is -1.56. The van der Waals surface area contributed by atoms with Crippen LogP contribution in [0.4, 0.5) is 4.39 Å². The summed E-state index contributed by atoms with van der Waals surface area (Å²) in [6.45, 7) is 2.46. The Morgan fingerprint density at radius 3 is 2.92 bits per heavy atom. The second kappa shape index (κ2) is 7.55. The molecule has 0 saturated carbocycles. The van der Waals surface area contributed by atoms with E-state index in [9.17, 15) is 4.39 Å². The van der Waals surface area contributed by atoms with Crippen LogP contribution in [-0.2, 0) is 13.1 Å². The summed E-state index contributed by atoms with van der Waals surface area (Å²) in [5, 5.41) is 0.475. The van der Waals surface area contributed by atoms with Gasteiger partial charge in [-0.25, -0.2) is 14.4 Å². The highest BCUT2D eigenvalue weighted by Gasteiger charge is 2.28. The largest absolute Gasteiger partial charge is 0.304 e. The molecule has 2 heterocycles. The average Bonchev–Trinajstić information content (AvgIpc) is 2.98. The first kappa shape index (κ1) is 17.3. The Bertz CT molecular complexity index is 707. The topological polar surface area (TPSA) is 32.3 Å². The van der Waals surface area contributed by atoms with Crippen molar-refractivity contribution >= 4 is 11.6 Å². The molecule has 0 bridgehead atoms. The van der Waals surface area contributed by atoms with Gasteiger partial charge in [-0.2, -0.15) is 0 Å². The molecule has 1 aliphatic heterocycles. The first-order valence-corrected chi connectivity index (χ1v) is 8.55. The van der Waals surface area contributed by atoms with Crippen molar-refractivity contribution in [2.24, 2.45) is 0 Å². The van der Waals surface area contributed by atoms with Crippen LogP contribution < -0.4 is 0 Å². The van der Waals surface area contributed by atoms with E-state index >= 15 is 0 Å². The zero-order chi connectivity index (χ0) is 17.1. The fraction of sp³-hybridized carbons (Fsp3) is 0.444. The number of nitrogens with zero attached hydrogens (tertiary/aromatic N) is 4. The Morgan fingerprint density at radius 1 is 1.33 bits per heavy atom. The van der Waals surface area contributed by atoms with Crippen LogP contribution >= 0.6 is 11.6 Å². The van der Waals surface area contributed by atoms with E-state index < -0.39 is 0 Å². The quantitative estimate of drug-likeness (QED) is 0.825. The van der Waals surface area contributed by atoms with E-state index in [-0.39, 0.29) is 11.9 Å². The maximum Gasteiger partial charge on any atom is 0.145 e. The van der Waals surface area contributed by atoms with Crippen molar-refractivity contribution < 1.29 is 4.39 Å². The lowest BCUT2D eigenvalue weighted by molar-refractivity contribution is 0.239. The Labute approximate surface area is 147 Å². The van der Waals surface area contributed by atoms with E-state index in [0.29, 0.717) is 11.6 Å². The molecule has 1 fully saturated rings. The third kappa shape index (κ3) is 4.09. The summed E-state index contributed by atoms with van der Waals surface area (Å²) in [5.74, 6) is 0.562. The SMILES string of the molecule is CN(C)Cc1ccnc(C2CCCN2Cc2ccc(F)cc2Cl)n1. The van der Waals surface area contributed by atoms with Crippen LogP contribution in [0.2, 0.25) is 5.02 Å². The molecular weight excluding hydrogens is 327 g/mol. The summed E-state index contributed by atoms with van der Waals surface area (Å²) in [4.78, 5) is 13.7. The molecule has 24 heavy (non-hydrogen) atoms. The highest BCUT2D eigenvalue weighted by atomic mass is 35.5. The van der Waals surface area contributed by atoms with Crippen LogP contribution in [0, 0.1) is 5.82 Å². The minimum atomic E-state index is -0.304. The van der Waals surface area contributed by atoms with Crippen molar-refractivity contribution in [1.82, 2.24) is 19.8 Å². The number of hydrogen-bond donors (Lipinski definition) is 0. The molecule has 6 heteroatoms. The van der Waals surface area contributed by atoms with Crippen LogP contribution in [0.5, 0.6) is 0 Å². The van der Waals surface area contributed by atoms with Crippen molar-refractivity contribution in [3.05, 3.63) is 58.4 Å². The smallest absolute Gasteiger partial charge is 0.145 e. The van der Waals surface area contributed by atoms with Crippen molar-refractivity contribution in [2.75, 3.05) is 20.6 Å². The number of likely N-dealkylation sites (tertiary alicyclic amines) is 1. The fourth-order valence-corrected chi connectivity index (χ4v) is 3.39. The van der Waals surface area contributed by atoms with Gasteiger partial charge in [-0.15, -0.1) is 0 Å². The molecule has 1 aromatic carbocycles. The van der Waals surface area contributed by atoms with Gasteiger partial charge in [0.2, 0.25) is 0 Å². The molecule has 0 spiro atoms. The van der Waals surface area contributed by atoms with Gasteiger partial charge in [0, 0.05) is 24.3 Å². The summed E-state index contributed by atoms with van der Waals surface area (Å²) in [6.07, 6.45) is 3.97. The standard InChI is InChI=1S/C18H22ClFN4/c1-23(2)12-15-7-8-21-18(22-15)17-4-3-9-24(17)11-13-5-6-14(20)10-16(13)19/h5-8,10,17H,3-4,9,11-12H2,1-2H3. The third-order valence-electron chi connectivity index (χ3n) is 4.26. The minimum absolute atomic E-state index is 0.188. The molecule has 3 rings (SSSR count). The predicted octanol–water partition coefficient (Wildman–Crippen LogP) is 3.67. The van der Waals surface area contributed by atoms with E-state index in [0.717, 1.165) is 43.0 Å². The molecule has 128 valence electrons. The van der Waals surface area contributed by atoms with E-state index in [4.69, 9.17) is 16.6 Å². The predicted molar refractivity (Wildman–Crippen MR) is 93.2 cm³/mol. The number of halogens is 2. The monoisotopic (exact) mass is 348 g/mol. The molecular formula is C18H22ClFN4. The van der Waals surface area contributed by atoms with Gasteiger partial charge < -0.3 is 4.90 Å². The molecule has 4 nitrogen and oxygen atoms in total. The Balaban J connectivity index is 1.78. The lowest BCUT2D eigenvalue weighted by Crippen LogP contribution is -2.25. The summed E-state index contributed by atoms with van der Waals surface area (Å²) in [7, 11) is 4.06. The summed E-state index contributed by atoms with van der Waals surface area (Å²) in [5.41, 5.74) is 1.96. The lowest BCUT2D eigenvalue weighted by atomic mass is 10.1. The fourth-order valence-electron chi connectivity index (χ4n) is 3.16. The molecule has 1 unspecified atom stereocenters. The van der Waals surface area contributed by atoms with Gasteiger partial charge in [-0.05, 0) is 57.2 Å². The highest BCUT2D eigenvalue weighted by Crippen LogP contribution is 2.32. The molecule has 1 atom stereocenters. The molecule has 1 aliphatic rings. The summed E-state index contributed by atoms with van der Waals surface area (Å²) >= 11 is 6.18. The van der Waals surface area contributed by atoms with E-state index in [1.54, 1.807) is 6.07 Å². The van der Waals surface area contributed by atoms with E-state index in [1.165, 1.54) is 12.1 Å². The molecule has 1 saturated heterocycles. The van der Waals surface area contributed by atoms with Gasteiger partial charge in [0.1, 0.15) is 11.6 Å². The van der Waals surface area contributed by atoms with Gasteiger partial charge >= 0.3 is 0 Å². The van der Waals surface area contributed by atoms with Crippen molar-refractivity contribution in [3.8, 4) is 0 Å². The molecule has 2 aromatic rings. The van der Waals surface area contributed by atoms with Gasteiger partial charge in [0.25, 0.3) is 0 Å². The van der Waals surface area contributed by atoms with Crippen LogP contribution in [0.15, 0.2) is 30.5 Å². The molecule has 0 radical (unpaired) electrons. The lowest BCUT2D eigenvalue weighted by Gasteiger charge is -2.24. The van der Waals surface area contributed by atoms with Gasteiger partial charge in [-0.3, -0.25) is 4.90 Å². The van der Waals surface area contributed by atoms with Gasteiger partial charge in [-0.1, -0.05) is 17.7 Å². The molecule has 0 N–H and O–H groups in total. The second-order valence-electron chi connectivity index (χ2n) is 6.51. The number of rotatable bonds is 5. The van der Waals surface area contributed by atoms with Crippen LogP contribution in [0.25, 0.3) is 0 Å². The number of hydrogen-bond acceptors (Lipinski definition) is 4. The van der Waals surface area contributed by atoms with E-state index in [1.807, 2.05) is 26.4 Å². The first-order valence-electron chi connectivity index (χ1n) is 8.17. The number of aromatic nitrogens is 2. The van der Waals surface area contributed by atoms with Crippen molar-refractivity contribution in [2.45, 2.75) is 32.0 Å². The zero-order valence-electron chi connectivity index (χ0n) is 14.0. The second-order valence-corrected chi connectivity index (χ2v) is 6.92. The van der Waals surface area contributed by atoms with Crippen molar-refractivity contribution in [3.63, 3.8) is 0 Å². The highest BCUT2D eigenvalue weighted by molar-refractivity contribution is 6.31. The van der Waals surface area contributed by atoms with Gasteiger partial charge in [0.05, 0.1) is 11.7 Å². The summed E-state index contributed by atoms with van der Waals surface area (Å²) < 4.78 is 13.2. The number of benzene rings is 1. The molecule has 0 amide bonds. The maximum absolute atomic E-state index is 13.2. The van der Waals surface area contributed by atoms with Crippen LogP contribution in [-0.4, -0.2) is 40.4 Å². The zero-order valence-corrected chi connectivity index (χ0v) is 14.8. The van der Waals surface area contributed by atoms with E-state index in [2.05, 4.69) is 14.8 Å². The average molecular weight is 349 g/mol. The third-order valence-corrected chi connectivity index (χ3v) is 4.61. The minimum Gasteiger partial charge on any atom is -0.304 e. The Kier molecular flexibility index (Phi) is 5.43. The first-order chi connectivity index (χ1) is 11.5.